The Morgan fingerprint density at radius 1 is 1.64 bits per heavy atom. The van der Waals surface area contributed by atoms with E-state index in [1.165, 1.54) is 0 Å². The Bertz CT molecular complexity index is 422. The van der Waals surface area contributed by atoms with Gasteiger partial charge in [0.25, 0.3) is 5.91 Å². The molecule has 1 amide bonds. The Labute approximate surface area is 79.1 Å². The maximum Gasteiger partial charge on any atom is 0.367 e. The average Bonchev–Trinajstić information content (AvgIpc) is 2.00. The number of amides is 1. The largest absolute Gasteiger partial charge is 0.367 e. The first kappa shape index (κ1) is 10.8. The van der Waals surface area contributed by atoms with Crippen LogP contribution in [0.15, 0.2) is 0 Å². The monoisotopic (exact) mass is 221 g/mol. The van der Waals surface area contributed by atoms with Crippen molar-refractivity contribution < 1.29 is 22.6 Å². The molecule has 0 aliphatic carbocycles. The highest BCUT2D eigenvalue weighted by molar-refractivity contribution is 7.84. The van der Waals surface area contributed by atoms with Gasteiger partial charge >= 0.3 is 10.3 Å². The topological polar surface area (TPSA) is 142 Å². The molecule has 0 aromatic rings. The quantitative estimate of drug-likeness (QED) is 0.277. The molecule has 14 heavy (non-hydrogen) atoms. The van der Waals surface area contributed by atoms with E-state index in [0.717, 1.165) is 6.92 Å². The molecule has 4 N–H and O–H groups in total. The SMILES string of the molecule is CC(=O)C1(N)C(=N)N(S(=O)(=O)O)C1=O. The van der Waals surface area contributed by atoms with Crippen LogP contribution in [0.5, 0.6) is 0 Å². The summed E-state index contributed by atoms with van der Waals surface area (Å²) in [5.74, 6) is -3.12. The molecule has 1 aliphatic heterocycles. The molecule has 0 aromatic heterocycles. The molecule has 0 bridgehead atoms. The van der Waals surface area contributed by atoms with Gasteiger partial charge in [-0.3, -0.25) is 19.6 Å². The van der Waals surface area contributed by atoms with Gasteiger partial charge in [-0.1, -0.05) is 0 Å². The van der Waals surface area contributed by atoms with Gasteiger partial charge in [-0.2, -0.15) is 12.7 Å². The van der Waals surface area contributed by atoms with Crippen LogP contribution in [-0.4, -0.2) is 40.3 Å². The third-order valence-electron chi connectivity index (χ3n) is 1.88. The van der Waals surface area contributed by atoms with Crippen molar-refractivity contribution in [1.82, 2.24) is 4.31 Å². The lowest BCUT2D eigenvalue weighted by Crippen LogP contribution is -2.79. The maximum absolute atomic E-state index is 11.1. The molecule has 0 spiro atoms. The molecule has 0 aromatic carbocycles. The summed E-state index contributed by atoms with van der Waals surface area (Å²) < 4.78 is 29.2. The number of Topliss-reactive ketones (excluding diaryl/α,β-unsaturated/α-hetero) is 1. The molecule has 0 radical (unpaired) electrons. The van der Waals surface area contributed by atoms with Crippen LogP contribution < -0.4 is 5.73 Å². The number of amidine groups is 1. The summed E-state index contributed by atoms with van der Waals surface area (Å²) in [5.41, 5.74) is 2.94. The van der Waals surface area contributed by atoms with E-state index in [1.54, 1.807) is 0 Å². The first-order chi connectivity index (χ1) is 6.13. The van der Waals surface area contributed by atoms with E-state index in [2.05, 4.69) is 0 Å². The fourth-order valence-electron chi connectivity index (χ4n) is 1.01. The summed E-state index contributed by atoms with van der Waals surface area (Å²) in [6.07, 6.45) is 0. The maximum atomic E-state index is 11.1. The zero-order valence-electron chi connectivity index (χ0n) is 7.01. The highest BCUT2D eigenvalue weighted by Gasteiger charge is 2.63. The van der Waals surface area contributed by atoms with Crippen LogP contribution in [0, 0.1) is 5.41 Å². The number of carbonyl (C=O) groups excluding carboxylic acids is 2. The van der Waals surface area contributed by atoms with Crippen LogP contribution >= 0.6 is 0 Å². The van der Waals surface area contributed by atoms with Crippen molar-refractivity contribution in [3.05, 3.63) is 0 Å². The second-order valence-corrected chi connectivity index (χ2v) is 4.02. The zero-order valence-corrected chi connectivity index (χ0v) is 7.83. The van der Waals surface area contributed by atoms with Gasteiger partial charge in [-0.15, -0.1) is 0 Å². The number of rotatable bonds is 2. The second-order valence-electron chi connectivity index (χ2n) is 2.76. The summed E-state index contributed by atoms with van der Waals surface area (Å²) in [6, 6.07) is 0. The molecule has 1 fully saturated rings. The number of hydrogen-bond acceptors (Lipinski definition) is 6. The van der Waals surface area contributed by atoms with Crippen molar-refractivity contribution in [2.75, 3.05) is 0 Å². The number of ketones is 1. The van der Waals surface area contributed by atoms with Crippen molar-refractivity contribution in [3.8, 4) is 0 Å². The third kappa shape index (κ3) is 1.06. The van der Waals surface area contributed by atoms with Crippen LogP contribution in [0.4, 0.5) is 0 Å². The van der Waals surface area contributed by atoms with Crippen molar-refractivity contribution in [2.45, 2.75) is 12.5 Å². The normalized spacial score (nSPS) is 27.5. The van der Waals surface area contributed by atoms with E-state index in [-0.39, 0.29) is 4.31 Å². The minimum absolute atomic E-state index is 0.228. The molecule has 78 valence electrons. The van der Waals surface area contributed by atoms with Crippen LogP contribution in [0.3, 0.4) is 0 Å². The molecule has 1 heterocycles. The Hall–Kier alpha value is -1.32. The minimum atomic E-state index is -4.84. The lowest BCUT2D eigenvalue weighted by atomic mass is 9.86. The predicted molar refractivity (Wildman–Crippen MR) is 43.7 cm³/mol. The smallest absolute Gasteiger partial charge is 0.305 e. The molecule has 0 saturated carbocycles. The van der Waals surface area contributed by atoms with Crippen LogP contribution in [0.25, 0.3) is 0 Å². The van der Waals surface area contributed by atoms with Gasteiger partial charge in [0.05, 0.1) is 0 Å². The van der Waals surface area contributed by atoms with Gasteiger partial charge in [0.2, 0.25) is 5.54 Å². The Kier molecular flexibility index (Phi) is 1.99. The number of β-lactam (4-membered cyclic amide) rings is 1. The summed E-state index contributed by atoms with van der Waals surface area (Å²) in [5, 5.41) is 7.08. The van der Waals surface area contributed by atoms with Gasteiger partial charge < -0.3 is 5.73 Å². The van der Waals surface area contributed by atoms with Gasteiger partial charge in [0.1, 0.15) is 0 Å². The van der Waals surface area contributed by atoms with E-state index >= 15 is 0 Å². The Morgan fingerprint density at radius 3 is 2.29 bits per heavy atom. The fourth-order valence-corrected chi connectivity index (χ4v) is 1.74. The molecular formula is C5H7N3O5S. The standard InChI is InChI=1S/C5H7N3O5S/c1-2(9)5(7)3(6)8(4(5)10)14(11,12)13/h6H,7H2,1H3,(H,11,12,13). The van der Waals surface area contributed by atoms with Crippen molar-refractivity contribution in [3.63, 3.8) is 0 Å². The Balaban J connectivity index is 3.16. The molecule has 9 heteroatoms. The first-order valence-corrected chi connectivity index (χ1v) is 4.74. The Morgan fingerprint density at radius 2 is 2.07 bits per heavy atom. The van der Waals surface area contributed by atoms with E-state index < -0.39 is 33.4 Å². The van der Waals surface area contributed by atoms with E-state index in [4.69, 9.17) is 15.7 Å². The zero-order chi connectivity index (χ0) is 11.3. The van der Waals surface area contributed by atoms with Gasteiger partial charge in [-0.25, -0.2) is 0 Å². The molecule has 1 aliphatic rings. The van der Waals surface area contributed by atoms with E-state index in [9.17, 15) is 18.0 Å². The fraction of sp³-hybridized carbons (Fsp3) is 0.400. The molecule has 1 saturated heterocycles. The molecular weight excluding hydrogens is 214 g/mol. The molecule has 1 unspecified atom stereocenters. The van der Waals surface area contributed by atoms with Crippen LogP contribution in [-0.2, 0) is 19.9 Å². The molecule has 1 atom stereocenters. The molecule has 8 nitrogen and oxygen atoms in total. The first-order valence-electron chi connectivity index (χ1n) is 3.34. The van der Waals surface area contributed by atoms with E-state index in [0.29, 0.717) is 0 Å². The van der Waals surface area contributed by atoms with Gasteiger partial charge in [0.15, 0.2) is 11.6 Å². The summed E-state index contributed by atoms with van der Waals surface area (Å²) in [7, 11) is -4.84. The van der Waals surface area contributed by atoms with Crippen molar-refractivity contribution in [2.24, 2.45) is 5.73 Å². The van der Waals surface area contributed by atoms with E-state index in [1.807, 2.05) is 0 Å². The molecule has 1 rings (SSSR count). The number of nitrogens with two attached hydrogens (primary N) is 1. The van der Waals surface area contributed by atoms with Crippen molar-refractivity contribution in [1.29, 1.82) is 5.41 Å². The highest BCUT2D eigenvalue weighted by Crippen LogP contribution is 2.25. The van der Waals surface area contributed by atoms with Gasteiger partial charge in [-0.05, 0) is 6.92 Å². The highest BCUT2D eigenvalue weighted by atomic mass is 32.2. The average molecular weight is 221 g/mol. The lowest BCUT2D eigenvalue weighted by Gasteiger charge is -2.41. The van der Waals surface area contributed by atoms with Crippen molar-refractivity contribution >= 4 is 27.8 Å². The summed E-state index contributed by atoms with van der Waals surface area (Å²) in [4.78, 5) is 21.9. The predicted octanol–water partition coefficient (Wildman–Crippen LogP) is -2.10. The summed E-state index contributed by atoms with van der Waals surface area (Å²) >= 11 is 0. The number of nitrogens with one attached hydrogen (secondary N) is 1. The minimum Gasteiger partial charge on any atom is -0.305 e. The number of carbonyl (C=O) groups is 2. The number of nitrogens with zero attached hydrogens (tertiary/aromatic N) is 1. The summed E-state index contributed by atoms with van der Waals surface area (Å²) in [6.45, 7) is 0.952. The van der Waals surface area contributed by atoms with Gasteiger partial charge in [0, 0.05) is 0 Å². The van der Waals surface area contributed by atoms with Crippen LogP contribution in [0.2, 0.25) is 0 Å². The lowest BCUT2D eigenvalue weighted by molar-refractivity contribution is -0.138. The van der Waals surface area contributed by atoms with Crippen LogP contribution in [0.1, 0.15) is 6.92 Å². The third-order valence-corrected chi connectivity index (χ3v) is 2.69. The second kappa shape index (κ2) is 2.59. The number of hydrogen-bond donors (Lipinski definition) is 3.